The van der Waals surface area contributed by atoms with E-state index in [0.717, 1.165) is 13.8 Å². The molecule has 0 fully saturated rings. The van der Waals surface area contributed by atoms with Crippen LogP contribution in [0.4, 0.5) is 0 Å². The third-order valence-corrected chi connectivity index (χ3v) is 0.676. The number of aliphatic hydroxyl groups is 2. The normalized spacial score (nSPS) is 7.47. The molecule has 0 saturated heterocycles. The third-order valence-electron chi connectivity index (χ3n) is 0.676. The maximum Gasteiger partial charge on any atom is 0.300 e. The maximum absolute atomic E-state index is 9.00. The number of hydrogen-bond donors (Lipinski definition) is 4. The Kier molecular flexibility index (Phi) is 19.0. The van der Waals surface area contributed by atoms with Crippen molar-refractivity contribution in [3.63, 3.8) is 0 Å². The number of carboxylic acid groups (broad SMARTS) is 2. The average Bonchev–Trinajstić information content (AvgIpc) is 2.05. The molecule has 0 spiro atoms. The Morgan fingerprint density at radius 2 is 1.33 bits per heavy atom. The molecule has 4 N–H and O–H groups in total. The first-order chi connectivity index (χ1) is 6.81. The number of aliphatic hydroxyl groups excluding tert-OH is 2. The minimum Gasteiger partial charge on any atom is -0.481 e. The number of rotatable bonds is 2. The van der Waals surface area contributed by atoms with Crippen molar-refractivity contribution in [3.8, 4) is 12.3 Å². The molecule has 0 unspecified atom stereocenters. The highest BCUT2D eigenvalue weighted by molar-refractivity contribution is 5.63. The summed E-state index contributed by atoms with van der Waals surface area (Å²) in [7, 11) is 0. The molecule has 0 amide bonds. The van der Waals surface area contributed by atoms with Crippen LogP contribution >= 0.6 is 0 Å². The van der Waals surface area contributed by atoms with Gasteiger partial charge in [0.05, 0.1) is 19.1 Å². The van der Waals surface area contributed by atoms with Crippen molar-refractivity contribution in [1.82, 2.24) is 0 Å². The van der Waals surface area contributed by atoms with Gasteiger partial charge in [-0.05, 0) is 0 Å². The molecule has 6 nitrogen and oxygen atoms in total. The zero-order chi connectivity index (χ0) is 12.9. The largest absolute Gasteiger partial charge is 0.481 e. The second kappa shape index (κ2) is 14.9. The highest BCUT2D eigenvalue weighted by Gasteiger charge is 1.96. The zero-order valence-electron chi connectivity index (χ0n) is 8.67. The van der Waals surface area contributed by atoms with Gasteiger partial charge < -0.3 is 20.4 Å². The lowest BCUT2D eigenvalue weighted by molar-refractivity contribution is -0.135. The summed E-state index contributed by atoms with van der Waals surface area (Å²) in [5.41, 5.74) is 0. The lowest BCUT2D eigenvalue weighted by atomic mass is 10.2. The molecule has 0 aromatic heterocycles. The van der Waals surface area contributed by atoms with Gasteiger partial charge in [0, 0.05) is 13.8 Å². The molecule has 0 aliphatic heterocycles. The second-order valence-corrected chi connectivity index (χ2v) is 2.27. The SMILES string of the molecule is C#CC(CO)CO.CC(=O)O.CC(=O)O. The Hall–Kier alpha value is -1.58. The summed E-state index contributed by atoms with van der Waals surface area (Å²) in [6, 6.07) is 0. The van der Waals surface area contributed by atoms with Crippen LogP contribution in [-0.4, -0.2) is 45.6 Å². The van der Waals surface area contributed by atoms with Crippen LogP contribution in [0.5, 0.6) is 0 Å². The Bertz CT molecular complexity index is 181. The number of aliphatic carboxylic acids is 2. The van der Waals surface area contributed by atoms with E-state index in [2.05, 4.69) is 5.92 Å². The fraction of sp³-hybridized carbons (Fsp3) is 0.556. The lowest BCUT2D eigenvalue weighted by Gasteiger charge is -1.97. The molecular formula is C9H16O6. The van der Waals surface area contributed by atoms with E-state index in [4.69, 9.17) is 36.4 Å². The highest BCUT2D eigenvalue weighted by Crippen LogP contribution is 1.86. The Labute approximate surface area is 88.2 Å². The molecule has 0 aliphatic carbocycles. The second-order valence-electron chi connectivity index (χ2n) is 2.27. The summed E-state index contributed by atoms with van der Waals surface area (Å²) in [5.74, 6) is 0.160. The summed E-state index contributed by atoms with van der Waals surface area (Å²) < 4.78 is 0. The summed E-state index contributed by atoms with van der Waals surface area (Å²) in [5, 5.41) is 31.3. The molecular weight excluding hydrogens is 204 g/mol. The van der Waals surface area contributed by atoms with Crippen molar-refractivity contribution in [3.05, 3.63) is 0 Å². The van der Waals surface area contributed by atoms with Gasteiger partial charge in [-0.25, -0.2) is 0 Å². The zero-order valence-corrected chi connectivity index (χ0v) is 8.67. The van der Waals surface area contributed by atoms with E-state index < -0.39 is 11.9 Å². The molecule has 0 aromatic carbocycles. The monoisotopic (exact) mass is 220 g/mol. The third kappa shape index (κ3) is 69.0. The quantitative estimate of drug-likeness (QED) is 0.462. The number of carbonyl (C=O) groups is 2. The van der Waals surface area contributed by atoms with E-state index in [9.17, 15) is 0 Å². The molecule has 15 heavy (non-hydrogen) atoms. The molecule has 0 atom stereocenters. The summed E-state index contributed by atoms with van der Waals surface area (Å²) >= 11 is 0. The molecule has 0 aliphatic rings. The number of carboxylic acids is 2. The van der Waals surface area contributed by atoms with Crippen molar-refractivity contribution in [2.75, 3.05) is 13.2 Å². The van der Waals surface area contributed by atoms with Crippen molar-refractivity contribution in [2.24, 2.45) is 5.92 Å². The molecule has 0 heterocycles. The van der Waals surface area contributed by atoms with Crippen LogP contribution in [0.3, 0.4) is 0 Å². The predicted octanol–water partition coefficient (Wildman–Crippen LogP) is -0.598. The standard InChI is InChI=1S/C5H8O2.2C2H4O2/c1-2-5(3-6)4-7;2*1-2(3)4/h1,5-7H,3-4H2;2*1H3,(H,3,4). The molecule has 88 valence electrons. The lowest BCUT2D eigenvalue weighted by Crippen LogP contribution is -2.06. The highest BCUT2D eigenvalue weighted by atomic mass is 16.4. The van der Waals surface area contributed by atoms with Gasteiger partial charge in [-0.1, -0.05) is 5.92 Å². The molecule has 0 radical (unpaired) electrons. The van der Waals surface area contributed by atoms with Gasteiger partial charge in [-0.3, -0.25) is 9.59 Å². The summed E-state index contributed by atoms with van der Waals surface area (Å²) in [6.45, 7) is 1.90. The molecule has 0 bridgehead atoms. The number of hydrogen-bond acceptors (Lipinski definition) is 4. The predicted molar refractivity (Wildman–Crippen MR) is 53.1 cm³/mol. The van der Waals surface area contributed by atoms with Gasteiger partial charge in [0.25, 0.3) is 11.9 Å². The van der Waals surface area contributed by atoms with Gasteiger partial charge >= 0.3 is 0 Å². The van der Waals surface area contributed by atoms with Crippen LogP contribution in [-0.2, 0) is 9.59 Å². The first kappa shape index (κ1) is 19.1. The maximum atomic E-state index is 9.00. The van der Waals surface area contributed by atoms with E-state index in [-0.39, 0.29) is 19.1 Å². The van der Waals surface area contributed by atoms with Crippen LogP contribution in [0.15, 0.2) is 0 Å². The fourth-order valence-corrected chi connectivity index (χ4v) is 0.163. The van der Waals surface area contributed by atoms with Crippen molar-refractivity contribution in [2.45, 2.75) is 13.8 Å². The van der Waals surface area contributed by atoms with Crippen LogP contribution < -0.4 is 0 Å². The Morgan fingerprint density at radius 1 is 1.13 bits per heavy atom. The van der Waals surface area contributed by atoms with Crippen LogP contribution in [0.2, 0.25) is 0 Å². The van der Waals surface area contributed by atoms with Gasteiger partial charge in [-0.15, -0.1) is 6.42 Å². The average molecular weight is 220 g/mol. The summed E-state index contributed by atoms with van der Waals surface area (Å²) in [4.78, 5) is 18.0. The van der Waals surface area contributed by atoms with Gasteiger partial charge in [-0.2, -0.15) is 0 Å². The minimum absolute atomic E-state index is 0.132. The summed E-state index contributed by atoms with van der Waals surface area (Å²) in [6.07, 6.45) is 4.82. The van der Waals surface area contributed by atoms with Gasteiger partial charge in [0.2, 0.25) is 0 Å². The number of terminal acetylenes is 1. The topological polar surface area (TPSA) is 115 Å². The van der Waals surface area contributed by atoms with Crippen molar-refractivity contribution >= 4 is 11.9 Å². The van der Waals surface area contributed by atoms with Crippen LogP contribution in [0, 0.1) is 18.3 Å². The smallest absolute Gasteiger partial charge is 0.300 e. The molecule has 0 rings (SSSR count). The van der Waals surface area contributed by atoms with Crippen LogP contribution in [0.25, 0.3) is 0 Å². The van der Waals surface area contributed by atoms with Crippen molar-refractivity contribution < 1.29 is 30.0 Å². The van der Waals surface area contributed by atoms with E-state index in [1.807, 2.05) is 0 Å². The van der Waals surface area contributed by atoms with E-state index in [0.29, 0.717) is 0 Å². The van der Waals surface area contributed by atoms with Crippen LogP contribution in [0.1, 0.15) is 13.8 Å². The molecule has 0 aromatic rings. The van der Waals surface area contributed by atoms with Gasteiger partial charge in [0.15, 0.2) is 0 Å². The molecule has 6 heteroatoms. The van der Waals surface area contributed by atoms with E-state index in [1.54, 1.807) is 0 Å². The fourth-order valence-electron chi connectivity index (χ4n) is 0.163. The molecule has 0 saturated carbocycles. The van der Waals surface area contributed by atoms with E-state index >= 15 is 0 Å². The first-order valence-corrected chi connectivity index (χ1v) is 3.88. The van der Waals surface area contributed by atoms with E-state index in [1.165, 1.54) is 0 Å². The Balaban J connectivity index is -0.000000155. The Morgan fingerprint density at radius 3 is 1.33 bits per heavy atom. The van der Waals surface area contributed by atoms with Crippen molar-refractivity contribution in [1.29, 1.82) is 0 Å². The first-order valence-electron chi connectivity index (χ1n) is 3.88. The minimum atomic E-state index is -0.833. The van der Waals surface area contributed by atoms with Gasteiger partial charge in [0.1, 0.15) is 0 Å².